The average molecular weight is 169 g/mol. The van der Waals surface area contributed by atoms with Gasteiger partial charge in [-0.3, -0.25) is 0 Å². The van der Waals surface area contributed by atoms with Gasteiger partial charge in [0.2, 0.25) is 0 Å². The molecule has 0 saturated heterocycles. The Balaban J connectivity index is 2.60. The highest BCUT2D eigenvalue weighted by molar-refractivity contribution is 5.48. The first-order valence-corrected chi connectivity index (χ1v) is 3.59. The van der Waals surface area contributed by atoms with Crippen LogP contribution in [-0.4, -0.2) is 11.7 Å². The molecular formula is C8H8FNO2. The SMILES string of the molecule is N[C@H]1COc2cc(F)cc(O)c21. The monoisotopic (exact) mass is 169 g/mol. The predicted octanol–water partition coefficient (Wildman–Crippen LogP) is 0.923. The van der Waals surface area contributed by atoms with Crippen molar-refractivity contribution in [3.8, 4) is 11.5 Å². The van der Waals surface area contributed by atoms with Crippen LogP contribution in [0.15, 0.2) is 12.1 Å². The molecule has 4 heteroatoms. The van der Waals surface area contributed by atoms with E-state index in [1.54, 1.807) is 0 Å². The zero-order valence-electron chi connectivity index (χ0n) is 6.25. The number of phenols is 1. The van der Waals surface area contributed by atoms with Crippen molar-refractivity contribution < 1.29 is 14.2 Å². The Morgan fingerprint density at radius 1 is 1.58 bits per heavy atom. The molecule has 0 spiro atoms. The summed E-state index contributed by atoms with van der Waals surface area (Å²) in [5, 5.41) is 9.28. The molecule has 1 heterocycles. The molecule has 1 aliphatic rings. The molecule has 1 atom stereocenters. The number of nitrogens with two attached hydrogens (primary N) is 1. The van der Waals surface area contributed by atoms with E-state index in [4.69, 9.17) is 10.5 Å². The highest BCUT2D eigenvalue weighted by Gasteiger charge is 2.24. The lowest BCUT2D eigenvalue weighted by Crippen LogP contribution is -2.10. The van der Waals surface area contributed by atoms with E-state index in [9.17, 15) is 9.50 Å². The smallest absolute Gasteiger partial charge is 0.130 e. The van der Waals surface area contributed by atoms with Gasteiger partial charge in [-0.25, -0.2) is 4.39 Å². The minimum absolute atomic E-state index is 0.130. The number of aromatic hydroxyl groups is 1. The molecule has 0 fully saturated rings. The lowest BCUT2D eigenvalue weighted by Gasteiger charge is -2.03. The van der Waals surface area contributed by atoms with Crippen LogP contribution in [0.1, 0.15) is 11.6 Å². The van der Waals surface area contributed by atoms with Gasteiger partial charge >= 0.3 is 0 Å². The van der Waals surface area contributed by atoms with Crippen LogP contribution in [0.25, 0.3) is 0 Å². The van der Waals surface area contributed by atoms with Crippen molar-refractivity contribution in [2.75, 3.05) is 6.61 Å². The molecular weight excluding hydrogens is 161 g/mol. The molecule has 0 radical (unpaired) electrons. The number of benzene rings is 1. The van der Waals surface area contributed by atoms with E-state index in [-0.39, 0.29) is 11.8 Å². The van der Waals surface area contributed by atoms with E-state index in [1.165, 1.54) is 6.07 Å². The highest BCUT2D eigenvalue weighted by Crippen LogP contribution is 2.38. The molecule has 1 aliphatic heterocycles. The van der Waals surface area contributed by atoms with Crippen molar-refractivity contribution in [2.45, 2.75) is 6.04 Å². The number of rotatable bonds is 0. The third-order valence-corrected chi connectivity index (χ3v) is 1.87. The second-order valence-corrected chi connectivity index (χ2v) is 2.75. The lowest BCUT2D eigenvalue weighted by molar-refractivity contribution is 0.332. The van der Waals surface area contributed by atoms with Gasteiger partial charge in [-0.2, -0.15) is 0 Å². The fourth-order valence-electron chi connectivity index (χ4n) is 1.33. The van der Waals surface area contributed by atoms with Crippen LogP contribution >= 0.6 is 0 Å². The summed E-state index contributed by atoms with van der Waals surface area (Å²) >= 11 is 0. The van der Waals surface area contributed by atoms with Gasteiger partial charge in [0.25, 0.3) is 0 Å². The number of halogens is 1. The van der Waals surface area contributed by atoms with Crippen molar-refractivity contribution in [3.05, 3.63) is 23.5 Å². The van der Waals surface area contributed by atoms with Crippen LogP contribution in [0.4, 0.5) is 4.39 Å². The summed E-state index contributed by atoms with van der Waals surface area (Å²) in [6.45, 7) is 0.298. The minimum atomic E-state index is -0.514. The van der Waals surface area contributed by atoms with Gasteiger partial charge in [0.15, 0.2) is 0 Å². The average Bonchev–Trinajstić information content (AvgIpc) is 2.31. The maximum absolute atomic E-state index is 12.7. The van der Waals surface area contributed by atoms with Gasteiger partial charge in [0.05, 0.1) is 11.6 Å². The molecule has 0 amide bonds. The molecule has 0 unspecified atom stereocenters. The summed E-state index contributed by atoms with van der Waals surface area (Å²) in [6.07, 6.45) is 0. The Morgan fingerprint density at radius 3 is 3.08 bits per heavy atom. The Labute approximate surface area is 68.6 Å². The second kappa shape index (κ2) is 2.35. The summed E-state index contributed by atoms with van der Waals surface area (Å²) in [4.78, 5) is 0. The van der Waals surface area contributed by atoms with Crippen molar-refractivity contribution in [3.63, 3.8) is 0 Å². The quantitative estimate of drug-likeness (QED) is 0.607. The van der Waals surface area contributed by atoms with Crippen LogP contribution in [0.2, 0.25) is 0 Å². The van der Waals surface area contributed by atoms with Gasteiger partial charge in [-0.05, 0) is 0 Å². The maximum Gasteiger partial charge on any atom is 0.130 e. The lowest BCUT2D eigenvalue weighted by atomic mass is 10.1. The minimum Gasteiger partial charge on any atom is -0.507 e. The highest BCUT2D eigenvalue weighted by atomic mass is 19.1. The normalized spacial score (nSPS) is 20.3. The summed E-state index contributed by atoms with van der Waals surface area (Å²) in [5.74, 6) is -0.296. The Bertz CT molecular complexity index is 327. The zero-order chi connectivity index (χ0) is 8.72. The van der Waals surface area contributed by atoms with Crippen molar-refractivity contribution in [1.29, 1.82) is 0 Å². The Kier molecular flexibility index (Phi) is 1.44. The van der Waals surface area contributed by atoms with E-state index >= 15 is 0 Å². The van der Waals surface area contributed by atoms with Crippen LogP contribution in [0.3, 0.4) is 0 Å². The molecule has 64 valence electrons. The third-order valence-electron chi connectivity index (χ3n) is 1.87. The maximum atomic E-state index is 12.7. The van der Waals surface area contributed by atoms with E-state index < -0.39 is 5.82 Å². The molecule has 0 saturated carbocycles. The van der Waals surface area contributed by atoms with Crippen LogP contribution < -0.4 is 10.5 Å². The van der Waals surface area contributed by atoms with Crippen LogP contribution in [0.5, 0.6) is 11.5 Å². The summed E-state index contributed by atoms with van der Waals surface area (Å²) in [5.41, 5.74) is 6.09. The molecule has 1 aromatic rings. The molecule has 3 N–H and O–H groups in total. The second-order valence-electron chi connectivity index (χ2n) is 2.75. The van der Waals surface area contributed by atoms with Gasteiger partial charge in [0, 0.05) is 12.1 Å². The largest absolute Gasteiger partial charge is 0.507 e. The van der Waals surface area contributed by atoms with Crippen LogP contribution in [-0.2, 0) is 0 Å². The van der Waals surface area contributed by atoms with Crippen molar-refractivity contribution >= 4 is 0 Å². The zero-order valence-corrected chi connectivity index (χ0v) is 6.25. The van der Waals surface area contributed by atoms with Crippen molar-refractivity contribution in [2.24, 2.45) is 5.73 Å². The molecule has 3 nitrogen and oxygen atoms in total. The molecule has 2 rings (SSSR count). The third kappa shape index (κ3) is 0.921. The van der Waals surface area contributed by atoms with Gasteiger partial charge in [-0.15, -0.1) is 0 Å². The molecule has 0 aromatic heterocycles. The summed E-state index contributed by atoms with van der Waals surface area (Å²) in [7, 11) is 0. The summed E-state index contributed by atoms with van der Waals surface area (Å²) in [6, 6.07) is 1.91. The molecule has 0 bridgehead atoms. The number of hydrogen-bond acceptors (Lipinski definition) is 3. The summed E-state index contributed by atoms with van der Waals surface area (Å²) < 4.78 is 17.7. The Morgan fingerprint density at radius 2 is 2.33 bits per heavy atom. The molecule has 1 aromatic carbocycles. The standard InChI is InChI=1S/C8H8FNO2/c9-4-1-6(11)8-5(10)3-12-7(8)2-4/h1-2,5,11H,3,10H2/t5-/m0/s1. The van der Waals surface area contributed by atoms with Gasteiger partial charge in [-0.1, -0.05) is 0 Å². The fourth-order valence-corrected chi connectivity index (χ4v) is 1.33. The van der Waals surface area contributed by atoms with E-state index in [0.717, 1.165) is 6.07 Å². The molecule has 0 aliphatic carbocycles. The molecule has 12 heavy (non-hydrogen) atoms. The fraction of sp³-hybridized carbons (Fsp3) is 0.250. The first-order valence-electron chi connectivity index (χ1n) is 3.59. The first-order chi connectivity index (χ1) is 5.68. The first kappa shape index (κ1) is 7.36. The Hall–Kier alpha value is -1.29. The van der Waals surface area contributed by atoms with Crippen molar-refractivity contribution in [1.82, 2.24) is 0 Å². The predicted molar refractivity (Wildman–Crippen MR) is 40.5 cm³/mol. The number of hydrogen-bond donors (Lipinski definition) is 2. The van der Waals surface area contributed by atoms with E-state index in [1.807, 2.05) is 0 Å². The topological polar surface area (TPSA) is 55.5 Å². The number of phenolic OH excluding ortho intramolecular Hbond substituents is 1. The van der Waals surface area contributed by atoms with E-state index in [2.05, 4.69) is 0 Å². The number of fused-ring (bicyclic) bond motifs is 1. The van der Waals surface area contributed by atoms with Gasteiger partial charge in [0.1, 0.15) is 23.9 Å². The number of ether oxygens (including phenoxy) is 1. The van der Waals surface area contributed by atoms with Gasteiger partial charge < -0.3 is 15.6 Å². The van der Waals surface area contributed by atoms with E-state index in [0.29, 0.717) is 17.9 Å². The van der Waals surface area contributed by atoms with Crippen LogP contribution in [0, 0.1) is 5.82 Å².